The van der Waals surface area contributed by atoms with E-state index in [1.807, 2.05) is 23.1 Å². The average molecular weight is 310 g/mol. The molecule has 0 saturated carbocycles. The summed E-state index contributed by atoms with van der Waals surface area (Å²) in [7, 11) is 0. The van der Waals surface area contributed by atoms with Gasteiger partial charge in [-0.3, -0.25) is 4.79 Å². The number of nitrogens with zero attached hydrogens (tertiary/aromatic N) is 2. The Kier molecular flexibility index (Phi) is 5.88. The van der Waals surface area contributed by atoms with Gasteiger partial charge in [0.1, 0.15) is 0 Å². The van der Waals surface area contributed by atoms with Crippen molar-refractivity contribution in [2.24, 2.45) is 11.7 Å². The van der Waals surface area contributed by atoms with Gasteiger partial charge >= 0.3 is 0 Å². The highest BCUT2D eigenvalue weighted by atomic mass is 35.5. The molecule has 1 aliphatic rings. The molecule has 4 nitrogen and oxygen atoms in total. The molecule has 1 heterocycles. The van der Waals surface area contributed by atoms with Gasteiger partial charge in [0.05, 0.1) is 5.92 Å². The number of carbonyl (C=O) groups excluding carboxylic acids is 1. The maximum Gasteiger partial charge on any atom is 0.227 e. The molecule has 1 atom stereocenters. The summed E-state index contributed by atoms with van der Waals surface area (Å²) in [4.78, 5) is 16.6. The van der Waals surface area contributed by atoms with Gasteiger partial charge in [-0.15, -0.1) is 0 Å². The number of hydrogen-bond acceptors (Lipinski definition) is 3. The topological polar surface area (TPSA) is 49.6 Å². The minimum Gasteiger partial charge on any atom is -0.368 e. The van der Waals surface area contributed by atoms with Crippen molar-refractivity contribution in [2.75, 3.05) is 37.6 Å². The Bertz CT molecular complexity index is 472. The van der Waals surface area contributed by atoms with Crippen molar-refractivity contribution < 1.29 is 4.79 Å². The molecule has 0 bridgehead atoms. The Balaban J connectivity index is 1.92. The van der Waals surface area contributed by atoms with E-state index in [-0.39, 0.29) is 11.8 Å². The second-order valence-corrected chi connectivity index (χ2v) is 5.95. The molecular formula is C16H24ClN3O. The van der Waals surface area contributed by atoms with Crippen LogP contribution in [-0.4, -0.2) is 43.5 Å². The van der Waals surface area contributed by atoms with Gasteiger partial charge in [0.15, 0.2) is 0 Å². The summed E-state index contributed by atoms with van der Waals surface area (Å²) in [6, 6.07) is 7.87. The number of amides is 1. The van der Waals surface area contributed by atoms with E-state index in [0.29, 0.717) is 6.54 Å². The Morgan fingerprint density at radius 3 is 2.62 bits per heavy atom. The maximum atomic E-state index is 12.4. The number of benzene rings is 1. The number of hydrogen-bond donors (Lipinski definition) is 1. The second kappa shape index (κ2) is 7.66. The molecule has 0 aliphatic carbocycles. The monoisotopic (exact) mass is 309 g/mol. The zero-order valence-electron chi connectivity index (χ0n) is 12.6. The van der Waals surface area contributed by atoms with Gasteiger partial charge in [0, 0.05) is 43.4 Å². The van der Waals surface area contributed by atoms with Crippen LogP contribution in [0.25, 0.3) is 0 Å². The number of rotatable bonds is 5. The molecule has 1 unspecified atom stereocenters. The number of carbonyl (C=O) groups is 1. The summed E-state index contributed by atoms with van der Waals surface area (Å²) in [6.07, 6.45) is 1.87. The lowest BCUT2D eigenvalue weighted by Gasteiger charge is -2.37. The van der Waals surface area contributed by atoms with Crippen LogP contribution in [0.3, 0.4) is 0 Å². The van der Waals surface area contributed by atoms with Crippen LogP contribution < -0.4 is 10.6 Å². The summed E-state index contributed by atoms with van der Waals surface area (Å²) in [5.41, 5.74) is 6.85. The highest BCUT2D eigenvalue weighted by Crippen LogP contribution is 2.21. The number of piperazine rings is 1. The third-order valence-corrected chi connectivity index (χ3v) is 4.27. The normalized spacial score (nSPS) is 16.9. The zero-order chi connectivity index (χ0) is 15.2. The minimum atomic E-state index is -0.0206. The van der Waals surface area contributed by atoms with E-state index in [0.717, 1.165) is 49.7 Å². The van der Waals surface area contributed by atoms with Crippen LogP contribution in [0, 0.1) is 5.92 Å². The number of halogens is 1. The van der Waals surface area contributed by atoms with E-state index in [4.69, 9.17) is 17.3 Å². The first-order valence-corrected chi connectivity index (χ1v) is 8.03. The van der Waals surface area contributed by atoms with Crippen molar-refractivity contribution in [1.29, 1.82) is 0 Å². The lowest BCUT2D eigenvalue weighted by atomic mass is 10.0. The van der Waals surface area contributed by atoms with Crippen LogP contribution in [0.5, 0.6) is 0 Å². The first-order valence-electron chi connectivity index (χ1n) is 7.65. The SMILES string of the molecule is CCCC(CN)C(=O)N1CCN(c2cccc(Cl)c2)CC1. The summed E-state index contributed by atoms with van der Waals surface area (Å²) >= 11 is 6.03. The van der Waals surface area contributed by atoms with Crippen molar-refractivity contribution >= 4 is 23.2 Å². The van der Waals surface area contributed by atoms with Crippen molar-refractivity contribution in [3.05, 3.63) is 29.3 Å². The van der Waals surface area contributed by atoms with Crippen molar-refractivity contribution in [3.63, 3.8) is 0 Å². The van der Waals surface area contributed by atoms with Crippen LogP contribution in [0.4, 0.5) is 5.69 Å². The summed E-state index contributed by atoms with van der Waals surface area (Å²) in [6.45, 7) is 5.73. The fraction of sp³-hybridized carbons (Fsp3) is 0.562. The molecule has 1 aromatic rings. The molecule has 2 N–H and O–H groups in total. The molecule has 1 aromatic carbocycles. The van der Waals surface area contributed by atoms with E-state index < -0.39 is 0 Å². The number of nitrogens with two attached hydrogens (primary N) is 1. The second-order valence-electron chi connectivity index (χ2n) is 5.51. The highest BCUT2D eigenvalue weighted by Gasteiger charge is 2.26. The van der Waals surface area contributed by atoms with Gasteiger partial charge in [-0.1, -0.05) is 31.0 Å². The van der Waals surface area contributed by atoms with Crippen LogP contribution in [0.1, 0.15) is 19.8 Å². The Labute approximate surface area is 131 Å². The van der Waals surface area contributed by atoms with Gasteiger partial charge in [0.25, 0.3) is 0 Å². The van der Waals surface area contributed by atoms with Gasteiger partial charge in [0.2, 0.25) is 5.91 Å². The third kappa shape index (κ3) is 4.11. The van der Waals surface area contributed by atoms with Crippen molar-refractivity contribution in [1.82, 2.24) is 4.90 Å². The first-order chi connectivity index (χ1) is 10.2. The first kappa shape index (κ1) is 16.1. The van der Waals surface area contributed by atoms with Crippen LogP contribution in [0.15, 0.2) is 24.3 Å². The molecule has 1 aliphatic heterocycles. The molecule has 5 heteroatoms. The largest absolute Gasteiger partial charge is 0.368 e. The molecular weight excluding hydrogens is 286 g/mol. The Morgan fingerprint density at radius 2 is 2.05 bits per heavy atom. The van der Waals surface area contributed by atoms with Crippen LogP contribution in [0.2, 0.25) is 5.02 Å². The molecule has 0 spiro atoms. The fourth-order valence-corrected chi connectivity index (χ4v) is 2.99. The average Bonchev–Trinajstić information content (AvgIpc) is 2.52. The van der Waals surface area contributed by atoms with Gasteiger partial charge in [-0.05, 0) is 24.6 Å². The Morgan fingerprint density at radius 1 is 1.33 bits per heavy atom. The lowest BCUT2D eigenvalue weighted by molar-refractivity contribution is -0.135. The minimum absolute atomic E-state index is 0.0206. The summed E-state index contributed by atoms with van der Waals surface area (Å²) in [5.74, 6) is 0.192. The molecule has 0 aromatic heterocycles. The van der Waals surface area contributed by atoms with Gasteiger partial charge in [-0.2, -0.15) is 0 Å². The molecule has 1 saturated heterocycles. The molecule has 2 rings (SSSR count). The van der Waals surface area contributed by atoms with E-state index in [2.05, 4.69) is 17.9 Å². The molecule has 1 fully saturated rings. The van der Waals surface area contributed by atoms with Gasteiger partial charge in [-0.25, -0.2) is 0 Å². The molecule has 116 valence electrons. The lowest BCUT2D eigenvalue weighted by Crippen LogP contribution is -2.51. The summed E-state index contributed by atoms with van der Waals surface area (Å²) in [5, 5.41) is 0.747. The smallest absolute Gasteiger partial charge is 0.227 e. The van der Waals surface area contributed by atoms with E-state index >= 15 is 0 Å². The third-order valence-electron chi connectivity index (χ3n) is 4.04. The highest BCUT2D eigenvalue weighted by molar-refractivity contribution is 6.30. The standard InChI is InChI=1S/C16H24ClN3O/c1-2-4-13(12-18)16(21)20-9-7-19(8-10-20)15-6-3-5-14(17)11-15/h3,5-6,11,13H,2,4,7-10,12,18H2,1H3. The Hall–Kier alpha value is -1.26. The fourth-order valence-electron chi connectivity index (χ4n) is 2.81. The molecule has 0 radical (unpaired) electrons. The van der Waals surface area contributed by atoms with Crippen molar-refractivity contribution in [3.8, 4) is 0 Å². The van der Waals surface area contributed by atoms with Gasteiger partial charge < -0.3 is 15.5 Å². The van der Waals surface area contributed by atoms with Crippen LogP contribution in [-0.2, 0) is 4.79 Å². The predicted molar refractivity (Wildman–Crippen MR) is 87.7 cm³/mol. The quantitative estimate of drug-likeness (QED) is 0.908. The predicted octanol–water partition coefficient (Wildman–Crippen LogP) is 2.36. The summed E-state index contributed by atoms with van der Waals surface area (Å²) < 4.78 is 0. The number of anilines is 1. The zero-order valence-corrected chi connectivity index (χ0v) is 13.4. The van der Waals surface area contributed by atoms with Crippen molar-refractivity contribution in [2.45, 2.75) is 19.8 Å². The van der Waals surface area contributed by atoms with E-state index in [1.165, 1.54) is 0 Å². The van der Waals surface area contributed by atoms with E-state index in [1.54, 1.807) is 0 Å². The van der Waals surface area contributed by atoms with E-state index in [9.17, 15) is 4.79 Å². The maximum absolute atomic E-state index is 12.4. The molecule has 1 amide bonds. The molecule has 21 heavy (non-hydrogen) atoms. The van der Waals surface area contributed by atoms with Crippen LogP contribution >= 0.6 is 11.6 Å².